The summed E-state index contributed by atoms with van der Waals surface area (Å²) in [5.41, 5.74) is 13.1. The number of cyclic esters (lactones) is 1. The van der Waals surface area contributed by atoms with E-state index in [1.165, 1.54) is 0 Å². The predicted octanol–water partition coefficient (Wildman–Crippen LogP) is 3.32. The van der Waals surface area contributed by atoms with E-state index in [0.717, 1.165) is 44.1 Å². The highest BCUT2D eigenvalue weighted by molar-refractivity contribution is 6.09. The molecule has 10 heteroatoms. The number of carbonyl (C=O) groups is 2. The van der Waals surface area contributed by atoms with Gasteiger partial charge in [-0.15, -0.1) is 0 Å². The summed E-state index contributed by atoms with van der Waals surface area (Å²) in [6.45, 7) is 3.82. The van der Waals surface area contributed by atoms with E-state index in [1.54, 1.807) is 17.6 Å². The first-order valence-electron chi connectivity index (χ1n) is 13.2. The lowest BCUT2D eigenvalue weighted by molar-refractivity contribution is -0.157. The molecule has 0 saturated carbocycles. The number of aromatic nitrogens is 3. The molecule has 2 atom stereocenters. The number of hydrogen-bond acceptors (Lipinski definition) is 8. The van der Waals surface area contributed by atoms with Gasteiger partial charge in [0.2, 0.25) is 5.91 Å². The number of aryl methyl sites for hydroxylation is 1. The molecule has 2 unspecified atom stereocenters. The second-order valence-corrected chi connectivity index (χ2v) is 10.5. The minimum atomic E-state index is -1.49. The fourth-order valence-corrected chi connectivity index (χ4v) is 5.71. The van der Waals surface area contributed by atoms with Crippen LogP contribution < -0.4 is 16.6 Å². The number of ether oxygens (including phenoxy) is 1. The highest BCUT2D eigenvalue weighted by Gasteiger charge is 2.34. The van der Waals surface area contributed by atoms with Crippen LogP contribution in [-0.4, -0.2) is 37.6 Å². The van der Waals surface area contributed by atoms with Gasteiger partial charge in [0.25, 0.3) is 5.56 Å². The lowest BCUT2D eigenvalue weighted by Gasteiger charge is -2.21. The monoisotopic (exact) mass is 547 g/mol. The zero-order valence-corrected chi connectivity index (χ0v) is 22.3. The Balaban J connectivity index is 1.34. The Morgan fingerprint density at radius 1 is 1.10 bits per heavy atom. The topological polar surface area (TPSA) is 149 Å². The Hall–Kier alpha value is -4.93. The van der Waals surface area contributed by atoms with Crippen molar-refractivity contribution in [1.29, 1.82) is 0 Å². The van der Waals surface area contributed by atoms with E-state index in [4.69, 9.17) is 20.4 Å². The lowest BCUT2D eigenvalue weighted by atomic mass is 9.96. The molecule has 0 spiro atoms. The van der Waals surface area contributed by atoms with Gasteiger partial charge in [0.05, 0.1) is 40.6 Å². The second-order valence-electron chi connectivity index (χ2n) is 10.5. The Bertz CT molecular complexity index is 2010. The molecule has 5 aromatic rings. The van der Waals surface area contributed by atoms with Crippen LogP contribution >= 0.6 is 0 Å². The molecule has 0 saturated heterocycles. The molecule has 0 bridgehead atoms. The Kier molecular flexibility index (Phi) is 5.53. The quantitative estimate of drug-likeness (QED) is 0.226. The predicted molar refractivity (Wildman–Crippen MR) is 153 cm³/mol. The molecule has 4 N–H and O–H groups in total. The summed E-state index contributed by atoms with van der Waals surface area (Å²) >= 11 is 0. The van der Waals surface area contributed by atoms with Crippen molar-refractivity contribution in [3.63, 3.8) is 0 Å². The molecule has 0 fully saturated rings. The number of aliphatic hydroxyl groups excluding tert-OH is 1. The van der Waals surface area contributed by atoms with E-state index < -0.39 is 18.1 Å². The van der Waals surface area contributed by atoms with E-state index in [0.29, 0.717) is 29.2 Å². The van der Waals surface area contributed by atoms with Crippen molar-refractivity contribution in [2.75, 3.05) is 5.32 Å². The Morgan fingerprint density at radius 3 is 2.61 bits per heavy atom. The van der Waals surface area contributed by atoms with E-state index in [-0.39, 0.29) is 23.6 Å². The van der Waals surface area contributed by atoms with Crippen LogP contribution in [0.25, 0.3) is 44.3 Å². The summed E-state index contributed by atoms with van der Waals surface area (Å²) < 4.78 is 6.63. The number of esters is 1. The molecule has 5 heterocycles. The highest BCUT2D eigenvalue weighted by Crippen LogP contribution is 2.39. The SMILES string of the molecule is Cc1c2c(nc3ccc4ncc(-c5ccc(NC(=O)C(C)N)cc5)cc4c13)-c1cc3c(c(=O)n1C2)COC(=O)C3O. The summed E-state index contributed by atoms with van der Waals surface area (Å²) in [6.07, 6.45) is 0.319. The fourth-order valence-electron chi connectivity index (χ4n) is 5.71. The summed E-state index contributed by atoms with van der Waals surface area (Å²) in [5, 5.41) is 15.1. The summed E-state index contributed by atoms with van der Waals surface area (Å²) in [4.78, 5) is 46.9. The van der Waals surface area contributed by atoms with E-state index in [2.05, 4.69) is 11.4 Å². The maximum Gasteiger partial charge on any atom is 0.340 e. The first-order chi connectivity index (χ1) is 19.7. The third-order valence-corrected chi connectivity index (χ3v) is 7.96. The number of aliphatic hydroxyl groups is 1. The van der Waals surface area contributed by atoms with Gasteiger partial charge in [0, 0.05) is 39.3 Å². The molecule has 2 aliphatic heterocycles. The smallest absolute Gasteiger partial charge is 0.340 e. The van der Waals surface area contributed by atoms with E-state index >= 15 is 0 Å². The van der Waals surface area contributed by atoms with Crippen molar-refractivity contribution in [2.45, 2.75) is 39.1 Å². The average molecular weight is 548 g/mol. The first kappa shape index (κ1) is 25.1. The average Bonchev–Trinajstić information content (AvgIpc) is 3.34. The van der Waals surface area contributed by atoms with E-state index in [9.17, 15) is 19.5 Å². The minimum Gasteiger partial charge on any atom is -0.458 e. The number of rotatable bonds is 3. The normalized spacial score (nSPS) is 16.2. The molecule has 204 valence electrons. The molecular formula is C31H25N5O5. The summed E-state index contributed by atoms with van der Waals surface area (Å²) in [7, 11) is 0. The van der Waals surface area contributed by atoms with Gasteiger partial charge in [-0.3, -0.25) is 14.6 Å². The molecule has 41 heavy (non-hydrogen) atoms. The zero-order chi connectivity index (χ0) is 28.6. The third kappa shape index (κ3) is 3.83. The summed E-state index contributed by atoms with van der Waals surface area (Å²) in [6, 6.07) is 14.5. The lowest BCUT2D eigenvalue weighted by Crippen LogP contribution is -2.32. The molecule has 0 aliphatic carbocycles. The molecule has 2 aliphatic rings. The number of nitrogens with zero attached hydrogens (tertiary/aromatic N) is 3. The van der Waals surface area contributed by atoms with Gasteiger partial charge in [-0.25, -0.2) is 9.78 Å². The third-order valence-electron chi connectivity index (χ3n) is 7.96. The fraction of sp³-hybridized carbons (Fsp3) is 0.194. The standard InChI is InChI=1S/C31H25N5O5/c1-14-21-12-36-25(10-19-22(30(36)39)13-41-31(40)28(19)37)27(21)35-24-8-7-23-20(26(14)24)9-17(11-33-23)16-3-5-18(6-4-16)34-29(38)15(2)32/h3-11,15,28,37H,12-13,32H2,1-2H3,(H,34,38). The van der Waals surface area contributed by atoms with Crippen LogP contribution in [0.3, 0.4) is 0 Å². The molecule has 1 amide bonds. The molecule has 3 aromatic heterocycles. The van der Waals surface area contributed by atoms with Crippen LogP contribution in [0.2, 0.25) is 0 Å². The Morgan fingerprint density at radius 2 is 1.85 bits per heavy atom. The number of pyridine rings is 3. The maximum atomic E-state index is 13.4. The number of fused-ring (bicyclic) bond motifs is 7. The van der Waals surface area contributed by atoms with Crippen molar-refractivity contribution in [3.8, 4) is 22.5 Å². The number of nitrogens with one attached hydrogen (secondary N) is 1. The van der Waals surface area contributed by atoms with Crippen LogP contribution in [0.1, 0.15) is 35.3 Å². The van der Waals surface area contributed by atoms with Gasteiger partial charge in [-0.05, 0) is 61.4 Å². The van der Waals surface area contributed by atoms with Gasteiger partial charge in [0.1, 0.15) is 6.61 Å². The van der Waals surface area contributed by atoms with Crippen LogP contribution in [0.4, 0.5) is 5.69 Å². The first-order valence-corrected chi connectivity index (χ1v) is 13.2. The number of carbonyl (C=O) groups excluding carboxylic acids is 2. The zero-order valence-electron chi connectivity index (χ0n) is 22.3. The van der Waals surface area contributed by atoms with Crippen molar-refractivity contribution < 1.29 is 19.4 Å². The number of nitrogens with two attached hydrogens (primary N) is 1. The molecule has 10 nitrogen and oxygen atoms in total. The largest absolute Gasteiger partial charge is 0.458 e. The van der Waals surface area contributed by atoms with Crippen molar-refractivity contribution in [2.24, 2.45) is 5.73 Å². The van der Waals surface area contributed by atoms with Crippen molar-refractivity contribution in [3.05, 3.63) is 87.3 Å². The Labute approximate surface area is 233 Å². The van der Waals surface area contributed by atoms with Crippen molar-refractivity contribution in [1.82, 2.24) is 14.5 Å². The van der Waals surface area contributed by atoms with Gasteiger partial charge in [-0.1, -0.05) is 12.1 Å². The van der Waals surface area contributed by atoms with Gasteiger partial charge in [0.15, 0.2) is 6.10 Å². The number of benzene rings is 2. The number of hydrogen-bond donors (Lipinski definition) is 3. The second kappa shape index (κ2) is 9.05. The van der Waals surface area contributed by atoms with Crippen LogP contribution in [0.5, 0.6) is 0 Å². The van der Waals surface area contributed by atoms with Crippen molar-refractivity contribution >= 4 is 39.4 Å². The molecule has 0 radical (unpaired) electrons. The van der Waals surface area contributed by atoms with E-state index in [1.807, 2.05) is 49.5 Å². The molecule has 2 aromatic carbocycles. The van der Waals surface area contributed by atoms with Crippen LogP contribution in [-0.2, 0) is 27.5 Å². The number of anilines is 1. The number of amides is 1. The van der Waals surface area contributed by atoms with Gasteiger partial charge < -0.3 is 25.5 Å². The minimum absolute atomic E-state index is 0.159. The molecular weight excluding hydrogens is 522 g/mol. The van der Waals surface area contributed by atoms with Crippen LogP contribution in [0.15, 0.2) is 59.5 Å². The summed E-state index contributed by atoms with van der Waals surface area (Å²) in [5.74, 6) is -1.02. The molecule has 7 rings (SSSR count). The highest BCUT2D eigenvalue weighted by atomic mass is 16.5. The maximum absolute atomic E-state index is 13.4. The van der Waals surface area contributed by atoms with Gasteiger partial charge >= 0.3 is 5.97 Å². The van der Waals surface area contributed by atoms with Crippen LogP contribution in [0, 0.1) is 6.92 Å². The van der Waals surface area contributed by atoms with Gasteiger partial charge in [-0.2, -0.15) is 0 Å².